The number of piperidine rings is 1. The van der Waals surface area contributed by atoms with Crippen LogP contribution >= 0.6 is 0 Å². The van der Waals surface area contributed by atoms with Crippen LogP contribution in [-0.2, 0) is 20.9 Å². The number of ether oxygens (including phenoxy) is 2. The smallest absolute Gasteiger partial charge is 0.326 e. The number of aromatic nitrogens is 2. The van der Waals surface area contributed by atoms with Crippen molar-refractivity contribution in [3.8, 4) is 0 Å². The maximum atomic E-state index is 12.7. The predicted molar refractivity (Wildman–Crippen MR) is 156 cm³/mol. The molecule has 3 N–H and O–H groups in total. The van der Waals surface area contributed by atoms with Crippen LogP contribution in [0, 0.1) is 0 Å². The molecule has 0 saturated carbocycles. The van der Waals surface area contributed by atoms with Gasteiger partial charge in [0.1, 0.15) is 0 Å². The number of carbonyl (C=O) groups is 1. The normalized spacial score (nSPS) is 22.1. The number of carbonyl (C=O) groups excluding carboxylic acids is 1. The number of aliphatic hydroxyl groups is 1. The molecule has 3 aromatic carbocycles. The lowest BCUT2D eigenvalue weighted by Gasteiger charge is -2.40. The van der Waals surface area contributed by atoms with E-state index in [4.69, 9.17) is 9.47 Å². The zero-order valence-corrected chi connectivity index (χ0v) is 23.2. The third-order valence-electron chi connectivity index (χ3n) is 8.10. The standard InChI is InChI=1S/C32H36N4O5/c1-21(38)33-25-6-4-5-24(17-25)31-40-27(18-30(41-31)23-11-9-22(20-37)10-12-23)19-35-15-13-26(14-16-35)36-29-8-3-2-7-28(29)34-32(36)39/h2-12,17,26-27,30-31,37H,13-16,18-20H2,1H3,(H,33,38)(H,34,39). The first-order valence-corrected chi connectivity index (χ1v) is 14.3. The largest absolute Gasteiger partial charge is 0.392 e. The predicted octanol–water partition coefficient (Wildman–Crippen LogP) is 4.66. The first-order chi connectivity index (χ1) is 20.0. The summed E-state index contributed by atoms with van der Waals surface area (Å²) < 4.78 is 14.9. The number of fused-ring (bicyclic) bond motifs is 1. The van der Waals surface area contributed by atoms with Crippen LogP contribution in [0.15, 0.2) is 77.6 Å². The molecule has 214 valence electrons. The number of H-pyrrole nitrogens is 1. The van der Waals surface area contributed by atoms with Crippen molar-refractivity contribution < 1.29 is 19.4 Å². The van der Waals surface area contributed by atoms with Gasteiger partial charge >= 0.3 is 5.69 Å². The highest BCUT2D eigenvalue weighted by Crippen LogP contribution is 2.39. The molecule has 0 spiro atoms. The Bertz CT molecular complexity index is 1550. The minimum Gasteiger partial charge on any atom is -0.392 e. The number of nitrogens with one attached hydrogen (secondary N) is 2. The quantitative estimate of drug-likeness (QED) is 0.306. The summed E-state index contributed by atoms with van der Waals surface area (Å²) in [6, 6.07) is 23.5. The Labute approximate surface area is 238 Å². The number of benzene rings is 3. The maximum absolute atomic E-state index is 12.7. The van der Waals surface area contributed by atoms with Gasteiger partial charge in [0.15, 0.2) is 6.29 Å². The Morgan fingerprint density at radius 3 is 2.54 bits per heavy atom. The lowest BCUT2D eigenvalue weighted by molar-refractivity contribution is -0.253. The van der Waals surface area contributed by atoms with Gasteiger partial charge in [-0.15, -0.1) is 0 Å². The Hall–Kier alpha value is -3.76. The number of amides is 1. The summed E-state index contributed by atoms with van der Waals surface area (Å²) in [7, 11) is 0. The van der Waals surface area contributed by atoms with Gasteiger partial charge < -0.3 is 29.8 Å². The van der Waals surface area contributed by atoms with E-state index in [2.05, 4.69) is 15.2 Å². The molecule has 41 heavy (non-hydrogen) atoms. The van der Waals surface area contributed by atoms with E-state index in [1.165, 1.54) is 6.92 Å². The van der Waals surface area contributed by atoms with E-state index in [9.17, 15) is 14.7 Å². The fourth-order valence-electron chi connectivity index (χ4n) is 6.08. The first-order valence-electron chi connectivity index (χ1n) is 14.3. The number of rotatable bonds is 7. The van der Waals surface area contributed by atoms with E-state index in [-0.39, 0.29) is 36.5 Å². The molecule has 0 bridgehead atoms. The zero-order chi connectivity index (χ0) is 28.3. The molecule has 6 rings (SSSR count). The van der Waals surface area contributed by atoms with Crippen molar-refractivity contribution in [2.24, 2.45) is 0 Å². The third-order valence-corrected chi connectivity index (χ3v) is 8.10. The summed E-state index contributed by atoms with van der Waals surface area (Å²) in [6.45, 7) is 3.98. The minimum absolute atomic E-state index is 0.00324. The highest BCUT2D eigenvalue weighted by Gasteiger charge is 2.34. The van der Waals surface area contributed by atoms with Crippen molar-refractivity contribution in [1.29, 1.82) is 0 Å². The van der Waals surface area contributed by atoms with Gasteiger partial charge in [0, 0.05) is 50.3 Å². The second kappa shape index (κ2) is 12.0. The van der Waals surface area contributed by atoms with Crippen molar-refractivity contribution in [3.63, 3.8) is 0 Å². The molecule has 2 aliphatic rings. The van der Waals surface area contributed by atoms with Gasteiger partial charge in [-0.1, -0.05) is 48.5 Å². The number of anilines is 1. The molecule has 0 radical (unpaired) electrons. The molecule has 0 aliphatic carbocycles. The number of imidazole rings is 1. The average Bonchev–Trinajstić information content (AvgIpc) is 3.33. The van der Waals surface area contributed by atoms with E-state index >= 15 is 0 Å². The van der Waals surface area contributed by atoms with Crippen LogP contribution in [0.2, 0.25) is 0 Å². The Kier molecular flexibility index (Phi) is 8.02. The molecule has 2 fully saturated rings. The fraction of sp³-hybridized carbons (Fsp3) is 0.375. The van der Waals surface area contributed by atoms with Crippen LogP contribution in [0.4, 0.5) is 5.69 Å². The number of para-hydroxylation sites is 2. The number of hydrogen-bond acceptors (Lipinski definition) is 6. The van der Waals surface area contributed by atoms with Crippen molar-refractivity contribution in [2.45, 2.75) is 57.3 Å². The minimum atomic E-state index is -0.590. The average molecular weight is 557 g/mol. The van der Waals surface area contributed by atoms with E-state index in [0.29, 0.717) is 12.1 Å². The summed E-state index contributed by atoms with van der Waals surface area (Å²) in [5, 5.41) is 12.3. The Morgan fingerprint density at radius 2 is 1.78 bits per heavy atom. The lowest BCUT2D eigenvalue weighted by atomic mass is 9.98. The molecule has 1 amide bonds. The van der Waals surface area contributed by atoms with E-state index < -0.39 is 6.29 Å². The highest BCUT2D eigenvalue weighted by molar-refractivity contribution is 5.88. The summed E-state index contributed by atoms with van der Waals surface area (Å²) in [6.07, 6.45) is 1.62. The van der Waals surface area contributed by atoms with Gasteiger partial charge in [-0.25, -0.2) is 4.79 Å². The monoisotopic (exact) mass is 556 g/mol. The van der Waals surface area contributed by atoms with E-state index in [1.807, 2.05) is 77.4 Å². The molecule has 2 aliphatic heterocycles. The molecular weight excluding hydrogens is 520 g/mol. The van der Waals surface area contributed by atoms with Gasteiger partial charge in [0.05, 0.1) is 29.8 Å². The summed E-state index contributed by atoms with van der Waals surface area (Å²) in [4.78, 5) is 29.8. The number of hydrogen-bond donors (Lipinski definition) is 3. The van der Waals surface area contributed by atoms with E-state index in [0.717, 1.165) is 60.2 Å². The SMILES string of the molecule is CC(=O)Nc1cccc(C2OC(CN3CCC(n4c(=O)[nH]c5ccccc54)CC3)CC(c3ccc(CO)cc3)O2)c1. The van der Waals surface area contributed by atoms with Gasteiger partial charge in [-0.2, -0.15) is 0 Å². The first kappa shape index (κ1) is 27.4. The molecule has 3 heterocycles. The van der Waals surface area contributed by atoms with Gasteiger partial charge in [-0.3, -0.25) is 9.36 Å². The van der Waals surface area contributed by atoms with Crippen LogP contribution in [0.3, 0.4) is 0 Å². The topological polar surface area (TPSA) is 109 Å². The van der Waals surface area contributed by atoms with Crippen molar-refractivity contribution in [3.05, 3.63) is 100.0 Å². The van der Waals surface area contributed by atoms with Crippen LogP contribution in [0.5, 0.6) is 0 Å². The number of aliphatic hydroxyl groups excluding tert-OH is 1. The molecule has 2 saturated heterocycles. The lowest BCUT2D eigenvalue weighted by Crippen LogP contribution is -2.43. The van der Waals surface area contributed by atoms with Crippen LogP contribution < -0.4 is 11.0 Å². The van der Waals surface area contributed by atoms with Crippen LogP contribution in [-0.4, -0.2) is 51.2 Å². The molecule has 3 unspecified atom stereocenters. The second-order valence-corrected chi connectivity index (χ2v) is 11.0. The van der Waals surface area contributed by atoms with Gasteiger partial charge in [0.25, 0.3) is 0 Å². The Balaban J connectivity index is 1.17. The number of aromatic amines is 1. The molecule has 9 heteroatoms. The van der Waals surface area contributed by atoms with Crippen LogP contribution in [0.25, 0.3) is 11.0 Å². The molecule has 9 nitrogen and oxygen atoms in total. The third kappa shape index (κ3) is 6.13. The summed E-state index contributed by atoms with van der Waals surface area (Å²) in [5.74, 6) is -0.134. The Morgan fingerprint density at radius 1 is 1.00 bits per heavy atom. The fourth-order valence-corrected chi connectivity index (χ4v) is 6.08. The molecule has 4 aromatic rings. The van der Waals surface area contributed by atoms with Gasteiger partial charge in [0.2, 0.25) is 5.91 Å². The number of likely N-dealkylation sites (tertiary alicyclic amines) is 1. The second-order valence-electron chi connectivity index (χ2n) is 11.0. The molecular formula is C32H36N4O5. The molecule has 1 aromatic heterocycles. The molecule has 3 atom stereocenters. The van der Waals surface area contributed by atoms with Crippen LogP contribution in [0.1, 0.15) is 61.3 Å². The van der Waals surface area contributed by atoms with Crippen molar-refractivity contribution in [1.82, 2.24) is 14.5 Å². The van der Waals surface area contributed by atoms with Crippen molar-refractivity contribution >= 4 is 22.6 Å². The van der Waals surface area contributed by atoms with E-state index in [1.54, 1.807) is 0 Å². The maximum Gasteiger partial charge on any atom is 0.326 e. The van der Waals surface area contributed by atoms with Crippen molar-refractivity contribution in [2.75, 3.05) is 25.0 Å². The summed E-state index contributed by atoms with van der Waals surface area (Å²) in [5.41, 5.74) is 5.23. The number of nitrogens with zero attached hydrogens (tertiary/aromatic N) is 2. The summed E-state index contributed by atoms with van der Waals surface area (Å²) >= 11 is 0. The van der Waals surface area contributed by atoms with Gasteiger partial charge in [-0.05, 0) is 48.2 Å². The zero-order valence-electron chi connectivity index (χ0n) is 23.2. The highest BCUT2D eigenvalue weighted by atomic mass is 16.7.